The lowest BCUT2D eigenvalue weighted by Crippen LogP contribution is -2.02. The molecule has 0 atom stereocenters. The van der Waals surface area contributed by atoms with Gasteiger partial charge >= 0.3 is 0 Å². The molecular weight excluding hydrogens is 400 g/mol. The van der Waals surface area contributed by atoms with E-state index >= 15 is 0 Å². The van der Waals surface area contributed by atoms with Crippen molar-refractivity contribution in [3.05, 3.63) is 78.5 Å². The molecule has 0 radical (unpaired) electrons. The summed E-state index contributed by atoms with van der Waals surface area (Å²) in [5.74, 6) is 1.37. The van der Waals surface area contributed by atoms with Crippen molar-refractivity contribution in [2.24, 2.45) is 0 Å². The standard InChI is InChI=1S/C24H20N8/c1-14-10-21(31-30-14)29-24-28-20(12-22-27-15(2)13-32(22)24)17-5-3-4-16(11-17)18-6-8-25-23-19(18)7-9-26-23/h3-13H,1-2H3,(H,25,26)(H2,28,29,30,31). The molecule has 1 aromatic carbocycles. The van der Waals surface area contributed by atoms with Crippen molar-refractivity contribution in [2.45, 2.75) is 13.8 Å². The molecule has 0 saturated carbocycles. The normalized spacial score (nSPS) is 11.4. The summed E-state index contributed by atoms with van der Waals surface area (Å²) in [6, 6.07) is 16.4. The Bertz CT molecular complexity index is 1590. The topological polar surface area (TPSA) is 99.6 Å². The number of rotatable bonds is 4. The Kier molecular flexibility index (Phi) is 4.04. The van der Waals surface area contributed by atoms with Crippen molar-refractivity contribution in [1.29, 1.82) is 0 Å². The summed E-state index contributed by atoms with van der Waals surface area (Å²) in [5.41, 5.74) is 7.67. The van der Waals surface area contributed by atoms with Gasteiger partial charge in [0.25, 0.3) is 0 Å². The molecule has 32 heavy (non-hydrogen) atoms. The summed E-state index contributed by atoms with van der Waals surface area (Å²) in [4.78, 5) is 17.2. The number of aromatic nitrogens is 7. The van der Waals surface area contributed by atoms with Crippen LogP contribution in [0.3, 0.4) is 0 Å². The molecule has 0 unspecified atom stereocenters. The quantitative estimate of drug-likeness (QED) is 0.372. The number of imidazole rings is 1. The van der Waals surface area contributed by atoms with Crippen LogP contribution in [-0.4, -0.2) is 34.5 Å². The van der Waals surface area contributed by atoms with E-state index in [9.17, 15) is 0 Å². The highest BCUT2D eigenvalue weighted by Gasteiger charge is 2.13. The molecule has 6 aromatic rings. The van der Waals surface area contributed by atoms with Crippen LogP contribution in [0.15, 0.2) is 67.1 Å². The van der Waals surface area contributed by atoms with E-state index in [1.165, 1.54) is 0 Å². The Morgan fingerprint density at radius 3 is 2.75 bits per heavy atom. The highest BCUT2D eigenvalue weighted by Crippen LogP contribution is 2.31. The van der Waals surface area contributed by atoms with Crippen molar-refractivity contribution < 1.29 is 0 Å². The number of pyridine rings is 1. The van der Waals surface area contributed by atoms with Crippen molar-refractivity contribution in [2.75, 3.05) is 5.32 Å². The highest BCUT2D eigenvalue weighted by molar-refractivity contribution is 5.93. The predicted molar refractivity (Wildman–Crippen MR) is 125 cm³/mol. The minimum absolute atomic E-state index is 0.659. The molecule has 0 amide bonds. The lowest BCUT2D eigenvalue weighted by atomic mass is 10.0. The second-order valence-electron chi connectivity index (χ2n) is 7.82. The van der Waals surface area contributed by atoms with E-state index in [4.69, 9.17) is 4.98 Å². The first-order valence-electron chi connectivity index (χ1n) is 10.3. The summed E-state index contributed by atoms with van der Waals surface area (Å²) in [5, 5.41) is 11.6. The van der Waals surface area contributed by atoms with E-state index in [2.05, 4.69) is 60.8 Å². The number of fused-ring (bicyclic) bond motifs is 2. The molecule has 8 heteroatoms. The molecule has 5 heterocycles. The summed E-state index contributed by atoms with van der Waals surface area (Å²) in [6.07, 6.45) is 5.70. The van der Waals surface area contributed by atoms with Gasteiger partial charge in [-0.2, -0.15) is 5.10 Å². The Hall–Kier alpha value is -4.46. The van der Waals surface area contributed by atoms with Crippen LogP contribution in [0, 0.1) is 13.8 Å². The van der Waals surface area contributed by atoms with Gasteiger partial charge in [-0.15, -0.1) is 0 Å². The molecule has 8 nitrogen and oxygen atoms in total. The minimum atomic E-state index is 0.659. The third kappa shape index (κ3) is 3.09. The number of benzene rings is 1. The SMILES string of the molecule is Cc1cn2c(Nc3cc(C)[nH]n3)nc(-c3cccc(-c4ccnc5[nH]ccc45)c3)cc2n1. The molecule has 0 aliphatic carbocycles. The molecule has 0 aliphatic rings. The van der Waals surface area contributed by atoms with Crippen molar-refractivity contribution >= 4 is 28.4 Å². The lowest BCUT2D eigenvalue weighted by Gasteiger charge is -2.10. The predicted octanol–water partition coefficient (Wildman–Crippen LogP) is 5.02. The zero-order chi connectivity index (χ0) is 21.7. The maximum atomic E-state index is 4.92. The summed E-state index contributed by atoms with van der Waals surface area (Å²) in [7, 11) is 0. The fraction of sp³-hybridized carbons (Fsp3) is 0.0833. The number of aromatic amines is 2. The van der Waals surface area contributed by atoms with Crippen LogP contribution in [0.5, 0.6) is 0 Å². The number of nitrogens with one attached hydrogen (secondary N) is 3. The highest BCUT2D eigenvalue weighted by atomic mass is 15.3. The van der Waals surface area contributed by atoms with Crippen molar-refractivity contribution in [1.82, 2.24) is 34.5 Å². The number of hydrogen-bond donors (Lipinski definition) is 3. The van der Waals surface area contributed by atoms with Gasteiger partial charge < -0.3 is 10.3 Å². The second kappa shape index (κ2) is 7.05. The van der Waals surface area contributed by atoms with Gasteiger partial charge in [-0.1, -0.05) is 18.2 Å². The summed E-state index contributed by atoms with van der Waals surface area (Å²) >= 11 is 0. The first-order valence-corrected chi connectivity index (χ1v) is 10.3. The van der Waals surface area contributed by atoms with Gasteiger partial charge in [-0.25, -0.2) is 15.0 Å². The Balaban J connectivity index is 1.48. The first-order chi connectivity index (χ1) is 15.6. The van der Waals surface area contributed by atoms with Gasteiger partial charge in [0.2, 0.25) is 5.95 Å². The zero-order valence-corrected chi connectivity index (χ0v) is 17.6. The molecule has 0 fully saturated rings. The maximum Gasteiger partial charge on any atom is 0.215 e. The molecule has 0 spiro atoms. The van der Waals surface area contributed by atoms with Gasteiger partial charge in [0.15, 0.2) is 5.82 Å². The molecule has 0 bridgehead atoms. The van der Waals surface area contributed by atoms with Gasteiger partial charge in [0.1, 0.15) is 11.3 Å². The molecule has 156 valence electrons. The first kappa shape index (κ1) is 18.3. The van der Waals surface area contributed by atoms with Crippen LogP contribution in [0.4, 0.5) is 11.8 Å². The van der Waals surface area contributed by atoms with E-state index in [1.54, 1.807) is 0 Å². The summed E-state index contributed by atoms with van der Waals surface area (Å²) < 4.78 is 1.94. The Morgan fingerprint density at radius 2 is 1.88 bits per heavy atom. The van der Waals surface area contributed by atoms with Crippen molar-refractivity contribution in [3.63, 3.8) is 0 Å². The average Bonchev–Trinajstić information content (AvgIpc) is 3.52. The van der Waals surface area contributed by atoms with E-state index < -0.39 is 0 Å². The zero-order valence-electron chi connectivity index (χ0n) is 17.6. The Labute approximate surface area is 183 Å². The molecule has 6 rings (SSSR count). The van der Waals surface area contributed by atoms with Crippen LogP contribution < -0.4 is 5.32 Å². The number of aryl methyl sites for hydroxylation is 2. The molecular formula is C24H20N8. The van der Waals surface area contributed by atoms with Crippen LogP contribution in [0.2, 0.25) is 0 Å². The van der Waals surface area contributed by atoms with E-state index in [0.29, 0.717) is 11.8 Å². The fourth-order valence-corrected chi connectivity index (χ4v) is 4.00. The number of nitrogens with zero attached hydrogens (tertiary/aromatic N) is 5. The van der Waals surface area contributed by atoms with E-state index in [0.717, 1.165) is 50.5 Å². The second-order valence-corrected chi connectivity index (χ2v) is 7.82. The van der Waals surface area contributed by atoms with Crippen molar-refractivity contribution in [3.8, 4) is 22.4 Å². The lowest BCUT2D eigenvalue weighted by molar-refractivity contribution is 1.03. The number of anilines is 2. The largest absolute Gasteiger partial charge is 0.346 e. The fourth-order valence-electron chi connectivity index (χ4n) is 4.00. The monoisotopic (exact) mass is 420 g/mol. The molecule has 0 aliphatic heterocycles. The maximum absolute atomic E-state index is 4.92. The number of hydrogen-bond acceptors (Lipinski definition) is 5. The van der Waals surface area contributed by atoms with Crippen LogP contribution in [-0.2, 0) is 0 Å². The number of H-pyrrole nitrogens is 2. The average molecular weight is 420 g/mol. The minimum Gasteiger partial charge on any atom is -0.346 e. The van der Waals surface area contributed by atoms with E-state index in [-0.39, 0.29) is 0 Å². The third-order valence-electron chi connectivity index (χ3n) is 5.45. The molecule has 5 aromatic heterocycles. The molecule has 0 saturated heterocycles. The van der Waals surface area contributed by atoms with Gasteiger partial charge in [-0.05, 0) is 43.2 Å². The van der Waals surface area contributed by atoms with Crippen LogP contribution >= 0.6 is 0 Å². The van der Waals surface area contributed by atoms with Gasteiger partial charge in [0, 0.05) is 47.4 Å². The van der Waals surface area contributed by atoms with E-state index in [1.807, 2.05) is 55.0 Å². The smallest absolute Gasteiger partial charge is 0.215 e. The van der Waals surface area contributed by atoms with Crippen LogP contribution in [0.1, 0.15) is 11.4 Å². The third-order valence-corrected chi connectivity index (χ3v) is 5.45. The van der Waals surface area contributed by atoms with Gasteiger partial charge in [-0.3, -0.25) is 9.50 Å². The Morgan fingerprint density at radius 1 is 0.969 bits per heavy atom. The van der Waals surface area contributed by atoms with Gasteiger partial charge in [0.05, 0.1) is 11.4 Å². The van der Waals surface area contributed by atoms with Crippen LogP contribution in [0.25, 0.3) is 39.1 Å². The molecule has 3 N–H and O–H groups in total. The summed E-state index contributed by atoms with van der Waals surface area (Å²) in [6.45, 7) is 3.94.